The third kappa shape index (κ3) is 2.51. The van der Waals surface area contributed by atoms with Gasteiger partial charge in [0.1, 0.15) is 18.0 Å². The number of anilines is 3. The molecule has 5 nitrogen and oxygen atoms in total. The maximum atomic E-state index is 5.51. The van der Waals surface area contributed by atoms with Crippen molar-refractivity contribution in [1.82, 2.24) is 9.97 Å². The lowest BCUT2D eigenvalue weighted by Crippen LogP contribution is -2.18. The molecule has 0 aliphatic rings. The van der Waals surface area contributed by atoms with Gasteiger partial charge in [-0.2, -0.15) is 0 Å². The Hall–Kier alpha value is -2.14. The van der Waals surface area contributed by atoms with E-state index >= 15 is 0 Å². The first-order valence-corrected chi connectivity index (χ1v) is 6.28. The third-order valence-electron chi connectivity index (χ3n) is 3.21. The minimum absolute atomic E-state index is 0.674. The van der Waals surface area contributed by atoms with Gasteiger partial charge in [0, 0.05) is 18.3 Å². The molecule has 1 aromatic carbocycles. The topological polar surface area (TPSA) is 67.1 Å². The summed E-state index contributed by atoms with van der Waals surface area (Å²) < 4.78 is 0. The Bertz CT molecular complexity index is 568. The fourth-order valence-corrected chi connectivity index (χ4v) is 2.20. The number of nitrogens with one attached hydrogen (secondary N) is 1. The maximum Gasteiger partial charge on any atom is 0.148 e. The van der Waals surface area contributed by atoms with Crippen LogP contribution < -0.4 is 16.2 Å². The van der Waals surface area contributed by atoms with Gasteiger partial charge in [-0.15, -0.1) is 0 Å². The van der Waals surface area contributed by atoms with Gasteiger partial charge in [0.15, 0.2) is 0 Å². The van der Waals surface area contributed by atoms with Crippen LogP contribution in [0.2, 0.25) is 0 Å². The van der Waals surface area contributed by atoms with Gasteiger partial charge in [0.05, 0.1) is 0 Å². The normalized spacial score (nSPS) is 10.3. The molecule has 100 valence electrons. The van der Waals surface area contributed by atoms with Crippen molar-refractivity contribution in [3.63, 3.8) is 0 Å². The van der Waals surface area contributed by atoms with E-state index in [1.54, 1.807) is 0 Å². The van der Waals surface area contributed by atoms with E-state index in [9.17, 15) is 0 Å². The van der Waals surface area contributed by atoms with Gasteiger partial charge in [-0.05, 0) is 25.0 Å². The number of hydrogen-bond donors (Lipinski definition) is 2. The van der Waals surface area contributed by atoms with Gasteiger partial charge in [0.2, 0.25) is 0 Å². The standard InChI is InChI=1S/C14H19N5/c1-4-11-13(18-15)16-9-17-14(11)19(3)12-8-6-5-7-10(12)2/h5-9H,4,15H2,1-3H3,(H,16,17,18). The molecule has 0 atom stereocenters. The summed E-state index contributed by atoms with van der Waals surface area (Å²) in [5, 5.41) is 0. The number of hydrazine groups is 1. The van der Waals surface area contributed by atoms with Gasteiger partial charge in [0.25, 0.3) is 0 Å². The maximum absolute atomic E-state index is 5.51. The zero-order valence-corrected chi connectivity index (χ0v) is 11.5. The van der Waals surface area contributed by atoms with Crippen molar-refractivity contribution >= 4 is 17.3 Å². The van der Waals surface area contributed by atoms with Gasteiger partial charge < -0.3 is 10.3 Å². The SMILES string of the molecule is CCc1c(NN)ncnc1N(C)c1ccccc1C. The Morgan fingerprint density at radius 3 is 2.63 bits per heavy atom. The van der Waals surface area contributed by atoms with Crippen molar-refractivity contribution in [3.8, 4) is 0 Å². The van der Waals surface area contributed by atoms with E-state index in [0.717, 1.165) is 23.5 Å². The predicted molar refractivity (Wildman–Crippen MR) is 78.5 cm³/mol. The Kier molecular flexibility index (Phi) is 3.97. The highest BCUT2D eigenvalue weighted by Crippen LogP contribution is 2.30. The predicted octanol–water partition coefficient (Wildman–Crippen LogP) is 2.40. The van der Waals surface area contributed by atoms with E-state index in [1.165, 1.54) is 11.9 Å². The zero-order valence-electron chi connectivity index (χ0n) is 11.5. The Labute approximate surface area is 113 Å². The molecule has 19 heavy (non-hydrogen) atoms. The molecule has 5 heteroatoms. The van der Waals surface area contributed by atoms with Crippen molar-refractivity contribution in [2.24, 2.45) is 5.84 Å². The fraction of sp³-hybridized carbons (Fsp3) is 0.286. The second-order valence-electron chi connectivity index (χ2n) is 4.37. The molecule has 1 heterocycles. The third-order valence-corrected chi connectivity index (χ3v) is 3.21. The molecule has 0 fully saturated rings. The molecular weight excluding hydrogens is 238 g/mol. The first-order valence-electron chi connectivity index (χ1n) is 6.28. The molecule has 2 rings (SSSR count). The lowest BCUT2D eigenvalue weighted by Gasteiger charge is -2.23. The van der Waals surface area contributed by atoms with Crippen LogP contribution in [0.1, 0.15) is 18.1 Å². The smallest absolute Gasteiger partial charge is 0.148 e. The van der Waals surface area contributed by atoms with E-state index in [4.69, 9.17) is 5.84 Å². The van der Waals surface area contributed by atoms with Crippen molar-refractivity contribution in [1.29, 1.82) is 0 Å². The Morgan fingerprint density at radius 2 is 2.00 bits per heavy atom. The van der Waals surface area contributed by atoms with Gasteiger partial charge in [-0.3, -0.25) is 0 Å². The first-order chi connectivity index (χ1) is 9.19. The average molecular weight is 257 g/mol. The summed E-state index contributed by atoms with van der Waals surface area (Å²) in [4.78, 5) is 10.6. The number of benzene rings is 1. The van der Waals surface area contributed by atoms with Crippen LogP contribution in [0.5, 0.6) is 0 Å². The Morgan fingerprint density at radius 1 is 1.26 bits per heavy atom. The molecule has 0 amide bonds. The van der Waals surface area contributed by atoms with Gasteiger partial charge in [-0.1, -0.05) is 25.1 Å². The Balaban J connectivity index is 2.50. The summed E-state index contributed by atoms with van der Waals surface area (Å²) in [6, 6.07) is 8.21. The summed E-state index contributed by atoms with van der Waals surface area (Å²) in [5.41, 5.74) is 5.97. The minimum Gasteiger partial charge on any atom is -0.329 e. The zero-order chi connectivity index (χ0) is 13.8. The number of nitrogens with two attached hydrogens (primary N) is 1. The van der Waals surface area contributed by atoms with Crippen LogP contribution in [0.4, 0.5) is 17.3 Å². The van der Waals surface area contributed by atoms with Crippen molar-refractivity contribution in [2.75, 3.05) is 17.4 Å². The number of nitrogens with zero attached hydrogens (tertiary/aromatic N) is 3. The number of para-hydroxylation sites is 1. The molecule has 3 N–H and O–H groups in total. The molecule has 0 saturated carbocycles. The van der Waals surface area contributed by atoms with Crippen LogP contribution in [-0.4, -0.2) is 17.0 Å². The molecule has 0 unspecified atom stereocenters. The van der Waals surface area contributed by atoms with Crippen LogP contribution in [-0.2, 0) is 6.42 Å². The van der Waals surface area contributed by atoms with Crippen LogP contribution in [0.3, 0.4) is 0 Å². The number of nitrogen functional groups attached to an aromatic ring is 1. The summed E-state index contributed by atoms with van der Waals surface area (Å²) in [5.74, 6) is 7.05. The number of aromatic nitrogens is 2. The molecule has 0 aliphatic carbocycles. The first kappa shape index (κ1) is 13.3. The molecule has 2 aromatic rings. The van der Waals surface area contributed by atoms with Crippen LogP contribution in [0.25, 0.3) is 0 Å². The lowest BCUT2D eigenvalue weighted by molar-refractivity contribution is 0.991. The molecule has 0 saturated heterocycles. The highest BCUT2D eigenvalue weighted by atomic mass is 15.3. The van der Waals surface area contributed by atoms with E-state index in [0.29, 0.717) is 5.82 Å². The molecule has 1 aromatic heterocycles. The highest BCUT2D eigenvalue weighted by molar-refractivity contribution is 5.68. The van der Waals surface area contributed by atoms with Crippen molar-refractivity contribution in [3.05, 3.63) is 41.7 Å². The van der Waals surface area contributed by atoms with E-state index in [1.807, 2.05) is 19.2 Å². The molecule has 0 radical (unpaired) electrons. The lowest BCUT2D eigenvalue weighted by atomic mass is 10.1. The summed E-state index contributed by atoms with van der Waals surface area (Å²) in [7, 11) is 2.00. The summed E-state index contributed by atoms with van der Waals surface area (Å²) in [6.07, 6.45) is 2.34. The van der Waals surface area contributed by atoms with Crippen LogP contribution >= 0.6 is 0 Å². The molecular formula is C14H19N5. The highest BCUT2D eigenvalue weighted by Gasteiger charge is 2.15. The number of aryl methyl sites for hydroxylation is 1. The average Bonchev–Trinajstić information content (AvgIpc) is 2.46. The van der Waals surface area contributed by atoms with E-state index < -0.39 is 0 Å². The second-order valence-corrected chi connectivity index (χ2v) is 4.37. The minimum atomic E-state index is 0.674. The summed E-state index contributed by atoms with van der Waals surface area (Å²) in [6.45, 7) is 4.15. The van der Waals surface area contributed by atoms with Gasteiger partial charge in [-0.25, -0.2) is 15.8 Å². The largest absolute Gasteiger partial charge is 0.329 e. The summed E-state index contributed by atoms with van der Waals surface area (Å²) >= 11 is 0. The molecule has 0 spiro atoms. The van der Waals surface area contributed by atoms with Crippen molar-refractivity contribution < 1.29 is 0 Å². The number of hydrogen-bond acceptors (Lipinski definition) is 5. The van der Waals surface area contributed by atoms with Crippen LogP contribution in [0, 0.1) is 6.92 Å². The van der Waals surface area contributed by atoms with Crippen molar-refractivity contribution in [2.45, 2.75) is 20.3 Å². The van der Waals surface area contributed by atoms with E-state index in [-0.39, 0.29) is 0 Å². The monoisotopic (exact) mass is 257 g/mol. The second kappa shape index (κ2) is 5.67. The quantitative estimate of drug-likeness (QED) is 0.650. The van der Waals surface area contributed by atoms with Gasteiger partial charge >= 0.3 is 0 Å². The molecule has 0 bridgehead atoms. The molecule has 0 aliphatic heterocycles. The fourth-order valence-electron chi connectivity index (χ4n) is 2.20. The number of rotatable bonds is 4. The van der Waals surface area contributed by atoms with E-state index in [2.05, 4.69) is 46.3 Å². The van der Waals surface area contributed by atoms with Crippen LogP contribution in [0.15, 0.2) is 30.6 Å².